The van der Waals surface area contributed by atoms with E-state index in [9.17, 15) is 4.79 Å². The summed E-state index contributed by atoms with van der Waals surface area (Å²) in [6, 6.07) is 0. The van der Waals surface area contributed by atoms with E-state index in [1.54, 1.807) is 0 Å². The first kappa shape index (κ1) is 7.39. The molecule has 0 radical (unpaired) electrons. The Labute approximate surface area is 48.4 Å². The smallest absolute Gasteiger partial charge is 0.235 e. The van der Waals surface area contributed by atoms with Gasteiger partial charge in [0.15, 0.2) is 0 Å². The Morgan fingerprint density at radius 1 is 1.75 bits per heavy atom. The molecule has 4 N–H and O–H groups in total. The lowest BCUT2D eigenvalue weighted by molar-refractivity contribution is -0.122. The molecule has 4 heteroatoms. The van der Waals surface area contributed by atoms with Gasteiger partial charge in [0.05, 0.1) is 0 Å². The van der Waals surface area contributed by atoms with Crippen LogP contribution in [-0.2, 0) is 4.79 Å². The molecule has 0 bridgehead atoms. The second-order valence-electron chi connectivity index (χ2n) is 1.44. The van der Waals surface area contributed by atoms with Crippen molar-refractivity contribution in [2.24, 2.45) is 5.84 Å². The van der Waals surface area contributed by atoms with Crippen LogP contribution in [0, 0.1) is 0 Å². The zero-order valence-corrected chi connectivity index (χ0v) is 4.90. The maximum Gasteiger partial charge on any atom is 0.235 e. The highest BCUT2D eigenvalue weighted by molar-refractivity contribution is 5.75. The molecule has 0 saturated carbocycles. The Kier molecular flexibility index (Phi) is 4.20. The van der Waals surface area contributed by atoms with Crippen molar-refractivity contribution in [2.45, 2.75) is 19.8 Å². The number of carbonyl (C=O) groups is 1. The number of nitrogens with two attached hydrogens (primary N) is 1. The van der Waals surface area contributed by atoms with Crippen LogP contribution in [0.3, 0.4) is 0 Å². The molecule has 0 aliphatic rings. The molecule has 8 heavy (non-hydrogen) atoms. The van der Waals surface area contributed by atoms with Crippen molar-refractivity contribution >= 4 is 5.91 Å². The summed E-state index contributed by atoms with van der Waals surface area (Å²) < 4.78 is 0. The molecule has 48 valence electrons. The normalized spacial score (nSPS) is 8.75. The Morgan fingerprint density at radius 3 is 2.75 bits per heavy atom. The molecule has 1 amide bonds. The van der Waals surface area contributed by atoms with Crippen molar-refractivity contribution in [3.8, 4) is 0 Å². The van der Waals surface area contributed by atoms with Gasteiger partial charge in [-0.2, -0.15) is 5.53 Å². The van der Waals surface area contributed by atoms with E-state index in [1.165, 1.54) is 0 Å². The monoisotopic (exact) mass is 117 g/mol. The number of hydrogen-bond donors (Lipinski definition) is 3. The molecule has 0 saturated heterocycles. The molecule has 4 nitrogen and oxygen atoms in total. The molecular weight excluding hydrogens is 106 g/mol. The molecule has 0 spiro atoms. The molecule has 0 rings (SSSR count). The highest BCUT2D eigenvalue weighted by Gasteiger charge is 1.92. The van der Waals surface area contributed by atoms with E-state index in [-0.39, 0.29) is 5.91 Å². The predicted molar refractivity (Wildman–Crippen MR) is 30.4 cm³/mol. The third-order valence-corrected chi connectivity index (χ3v) is 0.689. The number of rotatable bonds is 3. The summed E-state index contributed by atoms with van der Waals surface area (Å²) >= 11 is 0. The second-order valence-corrected chi connectivity index (χ2v) is 1.44. The fraction of sp³-hybridized carbons (Fsp3) is 0.750. The number of hydrazine groups is 2. The summed E-state index contributed by atoms with van der Waals surface area (Å²) in [7, 11) is 0. The standard InChI is InChI=1S/C4H11N3O/c1-2-3-4(8)6-7-5/h7H,2-3,5H2,1H3,(H,6,8). The number of nitrogens with one attached hydrogen (secondary N) is 2. The van der Waals surface area contributed by atoms with Gasteiger partial charge in [-0.25, -0.2) is 0 Å². The van der Waals surface area contributed by atoms with Gasteiger partial charge >= 0.3 is 0 Å². The molecule has 0 fully saturated rings. The van der Waals surface area contributed by atoms with Crippen molar-refractivity contribution in [1.82, 2.24) is 11.0 Å². The third kappa shape index (κ3) is 3.58. The summed E-state index contributed by atoms with van der Waals surface area (Å²) in [5, 5.41) is 0. The zero-order valence-electron chi connectivity index (χ0n) is 4.90. The van der Waals surface area contributed by atoms with Crippen molar-refractivity contribution in [3.05, 3.63) is 0 Å². The SMILES string of the molecule is CCCC(=O)NNN. The van der Waals surface area contributed by atoms with Crippen molar-refractivity contribution in [3.63, 3.8) is 0 Å². The summed E-state index contributed by atoms with van der Waals surface area (Å²) in [4.78, 5) is 10.4. The second kappa shape index (κ2) is 4.55. The van der Waals surface area contributed by atoms with Gasteiger partial charge in [-0.15, -0.1) is 0 Å². The average molecular weight is 117 g/mol. The summed E-state index contributed by atoms with van der Waals surface area (Å²) in [6.45, 7) is 1.93. The third-order valence-electron chi connectivity index (χ3n) is 0.689. The van der Waals surface area contributed by atoms with E-state index in [0.717, 1.165) is 6.42 Å². The molecule has 0 heterocycles. The minimum atomic E-state index is -0.0741. The molecule has 0 atom stereocenters. The molecule has 0 aromatic rings. The van der Waals surface area contributed by atoms with Crippen LogP contribution < -0.4 is 16.8 Å². The van der Waals surface area contributed by atoms with E-state index in [4.69, 9.17) is 5.84 Å². The highest BCUT2D eigenvalue weighted by atomic mass is 16.2. The maximum absolute atomic E-state index is 10.4. The van der Waals surface area contributed by atoms with Gasteiger partial charge in [0, 0.05) is 6.42 Å². The maximum atomic E-state index is 10.4. The van der Waals surface area contributed by atoms with E-state index in [0.29, 0.717) is 6.42 Å². The molecule has 0 aromatic carbocycles. The van der Waals surface area contributed by atoms with Crippen LogP contribution in [-0.4, -0.2) is 5.91 Å². The Morgan fingerprint density at radius 2 is 2.38 bits per heavy atom. The molecular formula is C4H11N3O. The highest BCUT2D eigenvalue weighted by Crippen LogP contribution is 1.82. The first-order chi connectivity index (χ1) is 3.81. The summed E-state index contributed by atoms with van der Waals surface area (Å²) in [5.41, 5.74) is 4.29. The Bertz CT molecular complexity index is 65.7. The quantitative estimate of drug-likeness (QED) is 0.337. The van der Waals surface area contributed by atoms with Crippen molar-refractivity contribution in [2.75, 3.05) is 0 Å². The van der Waals surface area contributed by atoms with E-state index in [2.05, 4.69) is 11.0 Å². The fourth-order valence-corrected chi connectivity index (χ4v) is 0.370. The zero-order chi connectivity index (χ0) is 6.41. The fourth-order valence-electron chi connectivity index (χ4n) is 0.370. The van der Waals surface area contributed by atoms with Gasteiger partial charge in [-0.05, 0) is 6.42 Å². The largest absolute Gasteiger partial charge is 0.278 e. The van der Waals surface area contributed by atoms with Gasteiger partial charge < -0.3 is 0 Å². The van der Waals surface area contributed by atoms with E-state index < -0.39 is 0 Å². The van der Waals surface area contributed by atoms with Crippen LogP contribution in [0.15, 0.2) is 0 Å². The summed E-state index contributed by atoms with van der Waals surface area (Å²) in [6.07, 6.45) is 1.36. The van der Waals surface area contributed by atoms with Gasteiger partial charge in [0.1, 0.15) is 0 Å². The van der Waals surface area contributed by atoms with Gasteiger partial charge in [-0.1, -0.05) is 6.92 Å². The predicted octanol–water partition coefficient (Wildman–Crippen LogP) is -0.719. The van der Waals surface area contributed by atoms with E-state index >= 15 is 0 Å². The van der Waals surface area contributed by atoms with Crippen LogP contribution in [0.2, 0.25) is 0 Å². The number of carbonyl (C=O) groups excluding carboxylic acids is 1. The average Bonchev–Trinajstić information content (AvgIpc) is 1.68. The van der Waals surface area contributed by atoms with Gasteiger partial charge in [-0.3, -0.25) is 16.1 Å². The van der Waals surface area contributed by atoms with Crippen LogP contribution in [0.25, 0.3) is 0 Å². The Balaban J connectivity index is 3.06. The lowest BCUT2D eigenvalue weighted by Gasteiger charge is -1.97. The first-order valence-electron chi connectivity index (χ1n) is 2.55. The number of amides is 1. The molecule has 0 aliphatic carbocycles. The lowest BCUT2D eigenvalue weighted by Crippen LogP contribution is -2.41. The molecule has 0 aromatic heterocycles. The minimum absolute atomic E-state index is 0.0741. The van der Waals surface area contributed by atoms with Crippen LogP contribution >= 0.6 is 0 Å². The van der Waals surface area contributed by atoms with Gasteiger partial charge in [0.2, 0.25) is 5.91 Å². The Hall–Kier alpha value is -0.610. The number of hydrogen-bond acceptors (Lipinski definition) is 3. The molecule has 0 unspecified atom stereocenters. The first-order valence-corrected chi connectivity index (χ1v) is 2.55. The van der Waals surface area contributed by atoms with Crippen molar-refractivity contribution < 1.29 is 4.79 Å². The topological polar surface area (TPSA) is 67.2 Å². The summed E-state index contributed by atoms with van der Waals surface area (Å²) in [5.74, 6) is 4.70. The minimum Gasteiger partial charge on any atom is -0.278 e. The van der Waals surface area contributed by atoms with E-state index in [1.807, 2.05) is 6.92 Å². The van der Waals surface area contributed by atoms with Crippen LogP contribution in [0.5, 0.6) is 0 Å². The van der Waals surface area contributed by atoms with Crippen molar-refractivity contribution in [1.29, 1.82) is 0 Å². The van der Waals surface area contributed by atoms with Gasteiger partial charge in [0.25, 0.3) is 0 Å². The molecule has 0 aliphatic heterocycles. The van der Waals surface area contributed by atoms with Crippen LogP contribution in [0.1, 0.15) is 19.8 Å². The van der Waals surface area contributed by atoms with Crippen LogP contribution in [0.4, 0.5) is 0 Å². The lowest BCUT2D eigenvalue weighted by atomic mass is 10.3.